The van der Waals surface area contributed by atoms with Crippen LogP contribution in [-0.2, 0) is 9.68 Å². The molecule has 276 valence electrons. The zero-order valence-corrected chi connectivity index (χ0v) is 33.0. The van der Waals surface area contributed by atoms with Crippen LogP contribution in [0.5, 0.6) is 0 Å². The molecule has 52 heavy (non-hydrogen) atoms. The van der Waals surface area contributed by atoms with Crippen molar-refractivity contribution < 1.29 is 41.2 Å². The molecule has 0 aromatic heterocycles. The van der Waals surface area contributed by atoms with E-state index in [0.29, 0.717) is 41.8 Å². The van der Waals surface area contributed by atoms with Gasteiger partial charge in [0.25, 0.3) is 11.8 Å². The van der Waals surface area contributed by atoms with Crippen LogP contribution < -0.4 is 21.6 Å². The third-order valence-corrected chi connectivity index (χ3v) is 9.80. The Labute approximate surface area is 336 Å². The van der Waals surface area contributed by atoms with Crippen molar-refractivity contribution in [3.63, 3.8) is 0 Å². The molecule has 0 aliphatic heterocycles. The van der Waals surface area contributed by atoms with Gasteiger partial charge < -0.3 is 10.6 Å². The highest BCUT2D eigenvalue weighted by atomic mass is 127. The van der Waals surface area contributed by atoms with Gasteiger partial charge >= 0.3 is 0 Å². The first-order chi connectivity index (χ1) is 24.7. The third kappa shape index (κ3) is 10.7. The SMILES string of the molecule is O=C(NOCC1CC1)c1cc(Cl)c(F)c(F)c1Nc1ccc(I)cc1Cl.O=C(NOCC1CC1)c1cc(F)c(F)c(F)c1Nc1ccc(I)cc1Cl. The number of benzene rings is 4. The molecule has 4 aromatic rings. The number of rotatable bonds is 12. The van der Waals surface area contributed by atoms with Crippen LogP contribution in [0.25, 0.3) is 0 Å². The summed E-state index contributed by atoms with van der Waals surface area (Å²) in [4.78, 5) is 34.8. The molecule has 0 unspecified atom stereocenters. The Morgan fingerprint density at radius 2 is 1.04 bits per heavy atom. The summed E-state index contributed by atoms with van der Waals surface area (Å²) >= 11 is 22.0. The number of carbonyl (C=O) groups excluding carboxylic acids is 2. The van der Waals surface area contributed by atoms with Gasteiger partial charge in [0.2, 0.25) is 0 Å². The molecule has 0 saturated heterocycles. The van der Waals surface area contributed by atoms with Crippen molar-refractivity contribution in [2.45, 2.75) is 25.7 Å². The van der Waals surface area contributed by atoms with Crippen LogP contribution in [0.3, 0.4) is 0 Å². The van der Waals surface area contributed by atoms with E-state index in [0.717, 1.165) is 38.9 Å². The number of hydroxylamine groups is 2. The summed E-state index contributed by atoms with van der Waals surface area (Å²) in [5.41, 5.74) is 3.39. The lowest BCUT2D eigenvalue weighted by Crippen LogP contribution is -2.26. The van der Waals surface area contributed by atoms with E-state index in [1.165, 1.54) is 6.07 Å². The molecule has 2 aliphatic carbocycles. The summed E-state index contributed by atoms with van der Waals surface area (Å²) in [7, 11) is 0. The van der Waals surface area contributed by atoms with E-state index < -0.39 is 57.2 Å². The van der Waals surface area contributed by atoms with Gasteiger partial charge in [0.1, 0.15) is 0 Å². The maximum Gasteiger partial charge on any atom is 0.277 e. The van der Waals surface area contributed by atoms with Gasteiger partial charge in [0, 0.05) is 7.14 Å². The molecule has 0 bridgehead atoms. The Kier molecular flexibility index (Phi) is 14.1. The summed E-state index contributed by atoms with van der Waals surface area (Å²) < 4.78 is 71.7. The van der Waals surface area contributed by atoms with E-state index in [1.54, 1.807) is 30.3 Å². The van der Waals surface area contributed by atoms with Crippen molar-refractivity contribution in [2.75, 3.05) is 23.8 Å². The van der Waals surface area contributed by atoms with Crippen molar-refractivity contribution in [3.05, 3.63) is 111 Å². The molecule has 0 heterocycles. The second-order valence-electron chi connectivity index (χ2n) is 11.7. The number of anilines is 4. The average molecular weight is 1010 g/mol. The lowest BCUT2D eigenvalue weighted by Gasteiger charge is -2.15. The van der Waals surface area contributed by atoms with E-state index >= 15 is 0 Å². The smallest absolute Gasteiger partial charge is 0.277 e. The first-order valence-corrected chi connectivity index (χ1v) is 18.7. The number of carbonyl (C=O) groups is 2. The molecule has 2 fully saturated rings. The van der Waals surface area contributed by atoms with E-state index in [-0.39, 0.29) is 22.0 Å². The van der Waals surface area contributed by atoms with E-state index in [4.69, 9.17) is 44.5 Å². The highest BCUT2D eigenvalue weighted by molar-refractivity contribution is 14.1. The van der Waals surface area contributed by atoms with Gasteiger partial charge in [-0.1, -0.05) is 34.8 Å². The molecule has 4 aromatic carbocycles. The Hall–Kier alpha value is -2.68. The molecule has 0 spiro atoms. The Bertz CT molecular complexity index is 1870. The number of nitrogens with one attached hydrogen (secondary N) is 4. The zero-order chi connectivity index (χ0) is 37.7. The average Bonchev–Trinajstić information content (AvgIpc) is 4.04. The summed E-state index contributed by atoms with van der Waals surface area (Å²) in [6.45, 7) is 0.679. The summed E-state index contributed by atoms with van der Waals surface area (Å²) in [5.74, 6) is -8.06. The van der Waals surface area contributed by atoms with Crippen molar-refractivity contribution in [3.8, 4) is 0 Å². The monoisotopic (exact) mass is 1010 g/mol. The fraction of sp³-hybridized carbons (Fsp3) is 0.235. The lowest BCUT2D eigenvalue weighted by atomic mass is 10.1. The topological polar surface area (TPSA) is 101 Å². The summed E-state index contributed by atoms with van der Waals surface area (Å²) in [6, 6.07) is 11.4. The molecule has 0 atom stereocenters. The van der Waals surface area contributed by atoms with Crippen molar-refractivity contribution in [1.29, 1.82) is 0 Å². The van der Waals surface area contributed by atoms with Crippen LogP contribution >= 0.6 is 80.0 Å². The maximum absolute atomic E-state index is 14.5. The predicted molar refractivity (Wildman–Crippen MR) is 205 cm³/mol. The van der Waals surface area contributed by atoms with Gasteiger partial charge in [-0.2, -0.15) is 0 Å². The minimum absolute atomic E-state index is 0.195. The minimum Gasteiger partial charge on any atom is -0.351 e. The molecular formula is C34H26Cl3F5I2N4O4. The molecule has 0 radical (unpaired) electrons. The second kappa shape index (κ2) is 18.1. The van der Waals surface area contributed by atoms with Crippen LogP contribution in [0, 0.1) is 48.1 Å². The van der Waals surface area contributed by atoms with Gasteiger partial charge in [0.15, 0.2) is 29.1 Å². The molecule has 4 N–H and O–H groups in total. The first-order valence-electron chi connectivity index (χ1n) is 15.4. The van der Waals surface area contributed by atoms with E-state index in [2.05, 4.69) is 44.2 Å². The Morgan fingerprint density at radius 3 is 1.46 bits per heavy atom. The quantitative estimate of drug-likeness (QED) is 0.0488. The number of amides is 2. The molecule has 2 amide bonds. The largest absolute Gasteiger partial charge is 0.351 e. The van der Waals surface area contributed by atoms with Crippen molar-refractivity contribution in [1.82, 2.24) is 11.0 Å². The van der Waals surface area contributed by atoms with Gasteiger partial charge in [-0.15, -0.1) is 0 Å². The normalized spacial score (nSPS) is 13.6. The molecule has 2 aliphatic rings. The summed E-state index contributed by atoms with van der Waals surface area (Å²) in [5, 5.41) is 5.26. The van der Waals surface area contributed by atoms with Crippen molar-refractivity contribution in [2.24, 2.45) is 11.8 Å². The van der Waals surface area contributed by atoms with Crippen LogP contribution in [0.1, 0.15) is 46.4 Å². The third-order valence-electron chi connectivity index (χ3n) is 7.56. The Morgan fingerprint density at radius 1 is 0.615 bits per heavy atom. The predicted octanol–water partition coefficient (Wildman–Crippen LogP) is 10.9. The first kappa shape index (κ1) is 40.5. The molecule has 6 rings (SSSR count). The Balaban J connectivity index is 0.000000201. The van der Waals surface area contributed by atoms with E-state index in [1.807, 2.05) is 22.6 Å². The number of halogens is 10. The summed E-state index contributed by atoms with van der Waals surface area (Å²) in [6.07, 6.45) is 4.11. The van der Waals surface area contributed by atoms with Crippen LogP contribution in [0.4, 0.5) is 44.7 Å². The van der Waals surface area contributed by atoms with Gasteiger partial charge in [-0.05, 0) is 131 Å². The fourth-order valence-corrected chi connectivity index (χ4v) is 6.37. The van der Waals surface area contributed by atoms with E-state index in [9.17, 15) is 31.5 Å². The van der Waals surface area contributed by atoms with Crippen LogP contribution in [0.15, 0.2) is 48.5 Å². The standard InChI is InChI=1S/C17H13Cl2F2IN2O2.C17H13ClF3IN2O2/c2*18-11-5-9(22)3-4-13(11)23-16-10(6-12(19)14(20)15(16)21)17(25)24-26-7-8-1-2-8/h2*3-6,8,23H,1-2,7H2,(H,24,25). The van der Waals surface area contributed by atoms with Gasteiger partial charge in [0.05, 0.1) is 62.2 Å². The fourth-order valence-electron chi connectivity index (χ4n) is 4.37. The van der Waals surface area contributed by atoms with Crippen LogP contribution in [-0.4, -0.2) is 25.0 Å². The second-order valence-corrected chi connectivity index (χ2v) is 15.4. The highest BCUT2D eigenvalue weighted by Gasteiger charge is 2.27. The van der Waals surface area contributed by atoms with Crippen molar-refractivity contribution >= 4 is 115 Å². The number of hydrogen-bond donors (Lipinski definition) is 4. The van der Waals surface area contributed by atoms with Gasteiger partial charge in [-0.3, -0.25) is 19.3 Å². The highest BCUT2D eigenvalue weighted by Crippen LogP contribution is 2.35. The molecule has 18 heteroatoms. The lowest BCUT2D eigenvalue weighted by molar-refractivity contribution is 0.0268. The molecule has 2 saturated carbocycles. The number of hydrogen-bond acceptors (Lipinski definition) is 6. The van der Waals surface area contributed by atoms with Crippen LogP contribution in [0.2, 0.25) is 15.1 Å². The molecule has 8 nitrogen and oxygen atoms in total. The zero-order valence-electron chi connectivity index (χ0n) is 26.4. The van der Waals surface area contributed by atoms with Gasteiger partial charge in [-0.25, -0.2) is 32.9 Å². The minimum atomic E-state index is -1.69. The maximum atomic E-state index is 14.5. The molecular weight excluding hydrogens is 984 g/mol.